The maximum absolute atomic E-state index is 12.9. The second-order valence-electron chi connectivity index (χ2n) is 5.58. The van der Waals surface area contributed by atoms with Crippen LogP contribution in [0.15, 0.2) is 60.0 Å². The fraction of sp³-hybridized carbons (Fsp3) is 0.200. The molecule has 0 atom stereocenters. The van der Waals surface area contributed by atoms with Crippen LogP contribution in [0.5, 0.6) is 11.5 Å². The van der Waals surface area contributed by atoms with Gasteiger partial charge in [-0.25, -0.2) is 4.39 Å². The highest BCUT2D eigenvalue weighted by atomic mass is 35.5. The molecule has 0 unspecified atom stereocenters. The molecule has 0 aliphatic heterocycles. The summed E-state index contributed by atoms with van der Waals surface area (Å²) < 4.78 is 24.2. The predicted octanol–water partition coefficient (Wildman–Crippen LogP) is 5.19. The topological polar surface area (TPSA) is 30.5 Å². The Morgan fingerprint density at radius 2 is 1.69 bits per heavy atom. The minimum Gasteiger partial charge on any atom is -0.493 e. The monoisotopic (exact) mass is 393 g/mol. The van der Waals surface area contributed by atoms with Crippen molar-refractivity contribution in [2.75, 3.05) is 7.11 Å². The van der Waals surface area contributed by atoms with E-state index in [0.29, 0.717) is 19.7 Å². The number of thiophene rings is 1. The number of methoxy groups -OCH3 is 1. The fourth-order valence-electron chi connectivity index (χ4n) is 2.44. The van der Waals surface area contributed by atoms with Crippen molar-refractivity contribution in [1.29, 1.82) is 0 Å². The van der Waals surface area contributed by atoms with E-state index in [2.05, 4.69) is 5.32 Å². The summed E-state index contributed by atoms with van der Waals surface area (Å²) in [4.78, 5) is 1.17. The van der Waals surface area contributed by atoms with Gasteiger partial charge in [0.25, 0.3) is 0 Å². The van der Waals surface area contributed by atoms with Gasteiger partial charge in [-0.15, -0.1) is 23.7 Å². The molecule has 26 heavy (non-hydrogen) atoms. The molecule has 3 aromatic rings. The summed E-state index contributed by atoms with van der Waals surface area (Å²) in [6.45, 7) is 1.91. The summed E-state index contributed by atoms with van der Waals surface area (Å²) in [5.41, 5.74) is 2.15. The zero-order valence-corrected chi connectivity index (χ0v) is 16.0. The molecule has 1 heterocycles. The second-order valence-corrected chi connectivity index (χ2v) is 6.62. The summed E-state index contributed by atoms with van der Waals surface area (Å²) in [6.07, 6.45) is 0. The molecule has 2 aromatic carbocycles. The van der Waals surface area contributed by atoms with E-state index in [1.165, 1.54) is 17.0 Å². The van der Waals surface area contributed by atoms with Crippen molar-refractivity contribution < 1.29 is 13.9 Å². The molecule has 138 valence electrons. The van der Waals surface area contributed by atoms with Crippen LogP contribution in [0.25, 0.3) is 0 Å². The van der Waals surface area contributed by atoms with E-state index in [4.69, 9.17) is 9.47 Å². The van der Waals surface area contributed by atoms with Gasteiger partial charge < -0.3 is 14.8 Å². The zero-order valence-electron chi connectivity index (χ0n) is 14.4. The highest BCUT2D eigenvalue weighted by molar-refractivity contribution is 7.09. The number of hydrogen-bond acceptors (Lipinski definition) is 4. The van der Waals surface area contributed by atoms with Crippen LogP contribution < -0.4 is 14.8 Å². The maximum atomic E-state index is 12.9. The number of benzene rings is 2. The third-order valence-corrected chi connectivity index (χ3v) is 4.60. The molecule has 0 amide bonds. The van der Waals surface area contributed by atoms with Crippen molar-refractivity contribution in [3.63, 3.8) is 0 Å². The Labute approximate surface area is 163 Å². The molecule has 0 aliphatic carbocycles. The Morgan fingerprint density at radius 1 is 0.962 bits per heavy atom. The first-order valence-corrected chi connectivity index (χ1v) is 8.90. The lowest BCUT2D eigenvalue weighted by molar-refractivity contribution is 0.287. The van der Waals surface area contributed by atoms with Gasteiger partial charge in [0.05, 0.1) is 7.11 Å². The Bertz CT molecular complexity index is 794. The quantitative estimate of drug-likeness (QED) is 0.571. The number of nitrogens with one attached hydrogen (secondary N) is 1. The molecule has 0 bridgehead atoms. The van der Waals surface area contributed by atoms with Crippen molar-refractivity contribution in [3.05, 3.63) is 81.8 Å². The summed E-state index contributed by atoms with van der Waals surface area (Å²) in [6, 6.07) is 16.5. The van der Waals surface area contributed by atoms with Crippen LogP contribution in [-0.4, -0.2) is 7.11 Å². The molecular formula is C20H21ClFNO2S. The summed E-state index contributed by atoms with van der Waals surface area (Å²) >= 11 is 1.67. The van der Waals surface area contributed by atoms with Crippen LogP contribution in [-0.2, 0) is 19.7 Å². The van der Waals surface area contributed by atoms with E-state index in [0.717, 1.165) is 22.6 Å². The lowest BCUT2D eigenvalue weighted by Crippen LogP contribution is -2.12. The highest BCUT2D eigenvalue weighted by Gasteiger charge is 2.07. The van der Waals surface area contributed by atoms with Gasteiger partial charge in [-0.3, -0.25) is 0 Å². The van der Waals surface area contributed by atoms with E-state index in [9.17, 15) is 4.39 Å². The van der Waals surface area contributed by atoms with Crippen molar-refractivity contribution >= 4 is 23.7 Å². The Balaban J connectivity index is 0.00000243. The molecule has 0 radical (unpaired) electrons. The van der Waals surface area contributed by atoms with Crippen molar-refractivity contribution in [2.24, 2.45) is 0 Å². The first-order valence-electron chi connectivity index (χ1n) is 8.02. The van der Waals surface area contributed by atoms with Crippen LogP contribution in [0.2, 0.25) is 0 Å². The minimum absolute atomic E-state index is 0. The summed E-state index contributed by atoms with van der Waals surface area (Å²) in [5, 5.41) is 5.38. The molecule has 0 saturated heterocycles. The molecule has 0 spiro atoms. The number of hydrogen-bond donors (Lipinski definition) is 1. The van der Waals surface area contributed by atoms with Crippen LogP contribution in [0.1, 0.15) is 16.0 Å². The van der Waals surface area contributed by atoms with Gasteiger partial charge >= 0.3 is 0 Å². The zero-order chi connectivity index (χ0) is 17.5. The smallest absolute Gasteiger partial charge is 0.161 e. The van der Waals surface area contributed by atoms with E-state index in [1.807, 2.05) is 35.7 Å². The van der Waals surface area contributed by atoms with Gasteiger partial charge in [0, 0.05) is 18.0 Å². The molecule has 1 aromatic heterocycles. The van der Waals surface area contributed by atoms with Crippen LogP contribution in [0.3, 0.4) is 0 Å². The SMILES string of the molecule is COc1cc(CNCc2ccc(F)cc2)ccc1OCc1cccs1.Cl. The largest absolute Gasteiger partial charge is 0.493 e. The molecule has 3 nitrogen and oxygen atoms in total. The van der Waals surface area contributed by atoms with Crippen molar-refractivity contribution in [2.45, 2.75) is 19.7 Å². The standard InChI is InChI=1S/C20H20FNO2S.ClH/c1-23-20-11-16(13-22-12-15-4-7-17(21)8-5-15)6-9-19(20)24-14-18-3-2-10-25-18;/h2-11,22H,12-14H2,1H3;1H. The van der Waals surface area contributed by atoms with Gasteiger partial charge in [0.1, 0.15) is 12.4 Å². The number of rotatable bonds is 8. The predicted molar refractivity (Wildman–Crippen MR) is 106 cm³/mol. The molecular weight excluding hydrogens is 373 g/mol. The normalized spacial score (nSPS) is 10.2. The van der Waals surface area contributed by atoms with Crippen LogP contribution in [0, 0.1) is 5.82 Å². The Hall–Kier alpha value is -2.08. The first-order chi connectivity index (χ1) is 12.2. The van der Waals surface area contributed by atoms with Crippen molar-refractivity contribution in [3.8, 4) is 11.5 Å². The minimum atomic E-state index is -0.216. The van der Waals surface area contributed by atoms with E-state index in [-0.39, 0.29) is 18.2 Å². The third kappa shape index (κ3) is 5.73. The van der Waals surface area contributed by atoms with Gasteiger partial charge in [-0.1, -0.05) is 24.3 Å². The van der Waals surface area contributed by atoms with Gasteiger partial charge in [0.2, 0.25) is 0 Å². The first kappa shape index (κ1) is 20.2. The van der Waals surface area contributed by atoms with E-state index < -0.39 is 0 Å². The van der Waals surface area contributed by atoms with Gasteiger partial charge in [0.15, 0.2) is 11.5 Å². The highest BCUT2D eigenvalue weighted by Crippen LogP contribution is 2.29. The lowest BCUT2D eigenvalue weighted by Gasteiger charge is -2.12. The number of halogens is 2. The van der Waals surface area contributed by atoms with Crippen LogP contribution >= 0.6 is 23.7 Å². The number of ether oxygens (including phenoxy) is 2. The van der Waals surface area contributed by atoms with Gasteiger partial charge in [-0.2, -0.15) is 0 Å². The second kappa shape index (κ2) is 10.2. The average molecular weight is 394 g/mol. The summed E-state index contributed by atoms with van der Waals surface area (Å²) in [7, 11) is 1.64. The molecule has 0 saturated carbocycles. The molecule has 1 N–H and O–H groups in total. The van der Waals surface area contributed by atoms with E-state index in [1.54, 1.807) is 30.6 Å². The maximum Gasteiger partial charge on any atom is 0.161 e. The Morgan fingerprint density at radius 3 is 2.38 bits per heavy atom. The van der Waals surface area contributed by atoms with E-state index >= 15 is 0 Å². The molecule has 6 heteroatoms. The summed E-state index contributed by atoms with van der Waals surface area (Å²) in [5.74, 6) is 1.24. The lowest BCUT2D eigenvalue weighted by atomic mass is 10.2. The molecule has 0 aliphatic rings. The van der Waals surface area contributed by atoms with Gasteiger partial charge in [-0.05, 0) is 46.8 Å². The van der Waals surface area contributed by atoms with Crippen molar-refractivity contribution in [1.82, 2.24) is 5.32 Å². The molecule has 3 rings (SSSR count). The Kier molecular flexibility index (Phi) is 7.91. The fourth-order valence-corrected chi connectivity index (χ4v) is 3.05. The third-order valence-electron chi connectivity index (χ3n) is 3.75. The molecule has 0 fully saturated rings. The average Bonchev–Trinajstić information content (AvgIpc) is 3.15. The van der Waals surface area contributed by atoms with Crippen LogP contribution in [0.4, 0.5) is 4.39 Å².